The molecule has 1 atom stereocenters. The summed E-state index contributed by atoms with van der Waals surface area (Å²) in [5.74, 6) is -1.80. The van der Waals surface area contributed by atoms with Gasteiger partial charge in [-0.3, -0.25) is 4.79 Å². The van der Waals surface area contributed by atoms with E-state index in [1.807, 2.05) is 0 Å². The van der Waals surface area contributed by atoms with E-state index in [2.05, 4.69) is 10.6 Å². The van der Waals surface area contributed by atoms with E-state index < -0.39 is 42.4 Å². The van der Waals surface area contributed by atoms with Gasteiger partial charge in [0, 0.05) is 17.5 Å². The molecule has 0 bridgehead atoms. The third-order valence-electron chi connectivity index (χ3n) is 6.17. The van der Waals surface area contributed by atoms with Crippen molar-refractivity contribution < 1.29 is 27.7 Å². The third kappa shape index (κ3) is 5.83. The fourth-order valence-corrected chi connectivity index (χ4v) is 5.63. The number of ether oxygens (including phenoxy) is 1. The van der Waals surface area contributed by atoms with Crippen molar-refractivity contribution in [3.63, 3.8) is 0 Å². The molecule has 0 spiro atoms. The summed E-state index contributed by atoms with van der Waals surface area (Å²) >= 11 is 0. The number of rotatable bonds is 6. The molecule has 37 heavy (non-hydrogen) atoms. The summed E-state index contributed by atoms with van der Waals surface area (Å²) in [6.07, 6.45) is 0.778. The Morgan fingerprint density at radius 3 is 2.32 bits per heavy atom. The van der Waals surface area contributed by atoms with E-state index in [4.69, 9.17) is 4.74 Å². The summed E-state index contributed by atoms with van der Waals surface area (Å²) in [7, 11) is -1.18. The van der Waals surface area contributed by atoms with Crippen LogP contribution in [0.2, 0.25) is 0 Å². The first-order valence-corrected chi connectivity index (χ1v) is 14.4. The predicted octanol–water partition coefficient (Wildman–Crippen LogP) is 5.21. The zero-order valence-electron chi connectivity index (χ0n) is 20.8. The number of carbonyl (C=O) groups excluding carboxylic acids is 2. The summed E-state index contributed by atoms with van der Waals surface area (Å²) in [6.45, 7) is 3.30. The van der Waals surface area contributed by atoms with Gasteiger partial charge in [0.1, 0.15) is 24.6 Å². The van der Waals surface area contributed by atoms with E-state index in [1.54, 1.807) is 61.9 Å². The molecule has 1 aliphatic rings. The average molecular weight is 528 g/mol. The van der Waals surface area contributed by atoms with Crippen molar-refractivity contribution in [1.82, 2.24) is 5.32 Å². The molecule has 3 aromatic carbocycles. The van der Waals surface area contributed by atoms with E-state index in [0.717, 1.165) is 17.0 Å². The molecule has 0 unspecified atom stereocenters. The highest BCUT2D eigenvalue weighted by Crippen LogP contribution is 2.40. The molecule has 4 rings (SSSR count). The average Bonchev–Trinajstić information content (AvgIpc) is 2.85. The van der Waals surface area contributed by atoms with Crippen LogP contribution in [0.3, 0.4) is 0 Å². The molecule has 0 aliphatic carbocycles. The lowest BCUT2D eigenvalue weighted by Crippen LogP contribution is -2.53. The second-order valence-electron chi connectivity index (χ2n) is 9.17. The Balaban J connectivity index is 1.54. The highest BCUT2D eigenvalue weighted by Gasteiger charge is 2.34. The summed E-state index contributed by atoms with van der Waals surface area (Å²) in [5, 5.41) is 5.75. The molecule has 0 aromatic heterocycles. The van der Waals surface area contributed by atoms with Gasteiger partial charge in [-0.2, -0.15) is 0 Å². The van der Waals surface area contributed by atoms with Gasteiger partial charge in [-0.05, 0) is 73.7 Å². The number of benzene rings is 3. The van der Waals surface area contributed by atoms with Crippen molar-refractivity contribution in [2.75, 3.05) is 37.2 Å². The van der Waals surface area contributed by atoms with Crippen LogP contribution >= 0.6 is 7.14 Å². The molecular weight excluding hydrogens is 499 g/mol. The lowest BCUT2D eigenvalue weighted by molar-refractivity contribution is -0.121. The maximum atomic E-state index is 15.3. The van der Waals surface area contributed by atoms with Crippen molar-refractivity contribution in [3.05, 3.63) is 72.3 Å². The number of halogens is 2. The van der Waals surface area contributed by atoms with Crippen molar-refractivity contribution in [3.8, 4) is 16.9 Å². The third-order valence-corrected chi connectivity index (χ3v) is 7.72. The second kappa shape index (κ2) is 10.7. The Morgan fingerprint density at radius 2 is 1.70 bits per heavy atom. The van der Waals surface area contributed by atoms with Crippen LogP contribution in [0, 0.1) is 11.6 Å². The van der Waals surface area contributed by atoms with Crippen LogP contribution in [0.15, 0.2) is 60.7 Å². The van der Waals surface area contributed by atoms with E-state index in [-0.39, 0.29) is 12.1 Å². The Bertz CT molecular complexity index is 1350. The van der Waals surface area contributed by atoms with E-state index in [9.17, 15) is 14.2 Å². The second-order valence-corrected chi connectivity index (χ2v) is 12.4. The monoisotopic (exact) mass is 527 g/mol. The molecule has 0 saturated carbocycles. The summed E-state index contributed by atoms with van der Waals surface area (Å²) < 4.78 is 48.4. The van der Waals surface area contributed by atoms with Gasteiger partial charge in [0.15, 0.2) is 11.6 Å². The minimum atomic E-state index is -2.71. The molecule has 0 radical (unpaired) electrons. The van der Waals surface area contributed by atoms with Crippen molar-refractivity contribution in [2.45, 2.75) is 18.9 Å². The first-order chi connectivity index (χ1) is 17.6. The zero-order chi connectivity index (χ0) is 26.7. The number of hydrogen-bond donors (Lipinski definition) is 2. The number of nitrogens with one attached hydrogen (secondary N) is 2. The smallest absolute Gasteiger partial charge is 0.319 e. The van der Waals surface area contributed by atoms with Crippen LogP contribution in [0.5, 0.6) is 5.75 Å². The SMILES string of the molecule is COc1ccc(NC(=O)N[C@@H]2CCCN(c3c(F)cc(-c4ccccc4P(C)(C)=O)cc3F)C2=O)cc1. The van der Waals surface area contributed by atoms with Crippen molar-refractivity contribution in [2.24, 2.45) is 0 Å². The number of carbonyl (C=O) groups is 2. The summed E-state index contributed by atoms with van der Waals surface area (Å²) in [5.41, 5.74) is 0.732. The minimum absolute atomic E-state index is 0.111. The highest BCUT2D eigenvalue weighted by atomic mass is 31.2. The Labute approximate surface area is 214 Å². The van der Waals surface area contributed by atoms with Crippen molar-refractivity contribution >= 4 is 35.8 Å². The van der Waals surface area contributed by atoms with E-state index >= 15 is 8.78 Å². The number of methoxy groups -OCH3 is 1. The van der Waals surface area contributed by atoms with Crippen LogP contribution < -0.4 is 25.6 Å². The topological polar surface area (TPSA) is 87.7 Å². The molecule has 2 N–H and O–H groups in total. The molecular formula is C27H28F2N3O4P. The maximum Gasteiger partial charge on any atom is 0.319 e. The van der Waals surface area contributed by atoms with Gasteiger partial charge in [-0.1, -0.05) is 24.3 Å². The van der Waals surface area contributed by atoms with Crippen LogP contribution in [0.4, 0.5) is 25.0 Å². The van der Waals surface area contributed by atoms with Gasteiger partial charge < -0.3 is 24.8 Å². The molecule has 1 aliphatic heterocycles. The summed E-state index contributed by atoms with van der Waals surface area (Å²) in [4.78, 5) is 26.7. The minimum Gasteiger partial charge on any atom is -0.497 e. The quantitative estimate of drug-likeness (QED) is 0.431. The Morgan fingerprint density at radius 1 is 1.05 bits per heavy atom. The number of amides is 3. The highest BCUT2D eigenvalue weighted by molar-refractivity contribution is 7.70. The molecule has 1 heterocycles. The number of nitrogens with zero attached hydrogens (tertiary/aromatic N) is 1. The first kappa shape index (κ1) is 26.4. The van der Waals surface area contributed by atoms with Gasteiger partial charge in [-0.25, -0.2) is 13.6 Å². The number of anilines is 2. The fraction of sp³-hybridized carbons (Fsp3) is 0.259. The zero-order valence-corrected chi connectivity index (χ0v) is 21.6. The lowest BCUT2D eigenvalue weighted by atomic mass is 10.0. The molecule has 10 heteroatoms. The fourth-order valence-electron chi connectivity index (χ4n) is 4.40. The molecule has 194 valence electrons. The normalized spacial score (nSPS) is 15.9. The molecule has 1 fully saturated rings. The van der Waals surface area contributed by atoms with E-state index in [0.29, 0.717) is 35.1 Å². The molecule has 3 aromatic rings. The molecule has 7 nitrogen and oxygen atoms in total. The predicted molar refractivity (Wildman–Crippen MR) is 141 cm³/mol. The van der Waals surface area contributed by atoms with Crippen molar-refractivity contribution in [1.29, 1.82) is 0 Å². The molecule has 1 saturated heterocycles. The first-order valence-electron chi connectivity index (χ1n) is 11.8. The number of hydrogen-bond acceptors (Lipinski definition) is 4. The van der Waals surface area contributed by atoms with Gasteiger partial charge in [0.2, 0.25) is 5.91 Å². The lowest BCUT2D eigenvalue weighted by Gasteiger charge is -2.33. The van der Waals surface area contributed by atoms with Gasteiger partial charge >= 0.3 is 6.03 Å². The standard InChI is InChI=1S/C27H28F2N3O4P/c1-36-19-12-10-18(11-13-19)30-27(34)31-23-8-6-14-32(26(23)33)25-21(28)15-17(16-22(25)29)20-7-4-5-9-24(20)37(2,3)35/h4-5,7,9-13,15-16,23H,6,8,14H2,1-3H3,(H2,30,31,34)/t23-/m1/s1. The summed E-state index contributed by atoms with van der Waals surface area (Å²) in [6, 6.07) is 14.2. The van der Waals surface area contributed by atoms with Crippen LogP contribution in [0.1, 0.15) is 12.8 Å². The van der Waals surface area contributed by atoms with Crippen LogP contribution in [-0.4, -0.2) is 45.0 Å². The Kier molecular flexibility index (Phi) is 7.64. The largest absolute Gasteiger partial charge is 0.497 e. The van der Waals surface area contributed by atoms with Gasteiger partial charge in [-0.15, -0.1) is 0 Å². The number of urea groups is 1. The van der Waals surface area contributed by atoms with Gasteiger partial charge in [0.05, 0.1) is 7.11 Å². The van der Waals surface area contributed by atoms with Gasteiger partial charge in [0.25, 0.3) is 0 Å². The maximum absolute atomic E-state index is 15.3. The number of piperidine rings is 1. The Hall–Kier alpha value is -3.71. The van der Waals surface area contributed by atoms with E-state index in [1.165, 1.54) is 7.11 Å². The molecule has 3 amide bonds. The van der Waals surface area contributed by atoms with Crippen LogP contribution in [-0.2, 0) is 9.36 Å². The van der Waals surface area contributed by atoms with Crippen LogP contribution in [0.25, 0.3) is 11.1 Å².